The lowest BCUT2D eigenvalue weighted by atomic mass is 10.0. The van der Waals surface area contributed by atoms with Crippen molar-refractivity contribution in [2.75, 3.05) is 13.1 Å². The zero-order valence-electron chi connectivity index (χ0n) is 10.8. The van der Waals surface area contributed by atoms with Gasteiger partial charge < -0.3 is 4.98 Å². The number of rotatable bonds is 2. The fraction of sp³-hybridized carbons (Fsp3) is 0.429. The van der Waals surface area contributed by atoms with Crippen molar-refractivity contribution in [2.24, 2.45) is 0 Å². The minimum Gasteiger partial charge on any atom is -0.346 e. The Bertz CT molecular complexity index is 582. The fourth-order valence-electron chi connectivity index (χ4n) is 2.50. The van der Waals surface area contributed by atoms with Gasteiger partial charge in [0.15, 0.2) is 0 Å². The van der Waals surface area contributed by atoms with Crippen LogP contribution < -0.4 is 0 Å². The van der Waals surface area contributed by atoms with Crippen molar-refractivity contribution in [3.63, 3.8) is 0 Å². The average Bonchev–Trinajstić information content (AvgIpc) is 2.87. The van der Waals surface area contributed by atoms with Gasteiger partial charge in [0.25, 0.3) is 0 Å². The van der Waals surface area contributed by atoms with Crippen LogP contribution in [0.2, 0.25) is 0 Å². The van der Waals surface area contributed by atoms with Crippen molar-refractivity contribution < 1.29 is 0 Å². The highest BCUT2D eigenvalue weighted by molar-refractivity contribution is 5.88. The van der Waals surface area contributed by atoms with Gasteiger partial charge in [0, 0.05) is 30.7 Å². The Morgan fingerprint density at radius 1 is 1.33 bits per heavy atom. The molecular formula is C14H18N4. The summed E-state index contributed by atoms with van der Waals surface area (Å²) < 4.78 is 0. The quantitative estimate of drug-likeness (QED) is 0.879. The van der Waals surface area contributed by atoms with Crippen molar-refractivity contribution in [3.05, 3.63) is 30.4 Å². The third-order valence-corrected chi connectivity index (χ3v) is 3.63. The van der Waals surface area contributed by atoms with Crippen molar-refractivity contribution in [2.45, 2.75) is 26.3 Å². The van der Waals surface area contributed by atoms with Gasteiger partial charge in [-0.2, -0.15) is 0 Å². The molecule has 0 aromatic carbocycles. The molecule has 0 bridgehead atoms. The number of hydrogen-bond acceptors (Lipinski definition) is 3. The predicted molar refractivity (Wildman–Crippen MR) is 73.2 cm³/mol. The van der Waals surface area contributed by atoms with Crippen LogP contribution in [0.4, 0.5) is 0 Å². The number of nitrogens with zero attached hydrogens (tertiary/aromatic N) is 3. The highest BCUT2D eigenvalue weighted by Crippen LogP contribution is 2.26. The van der Waals surface area contributed by atoms with Crippen LogP contribution in [0, 0.1) is 0 Å². The zero-order valence-corrected chi connectivity index (χ0v) is 10.8. The van der Waals surface area contributed by atoms with E-state index in [1.165, 1.54) is 5.57 Å². The van der Waals surface area contributed by atoms with E-state index in [4.69, 9.17) is 0 Å². The maximum Gasteiger partial charge on any atom is 0.141 e. The first-order chi connectivity index (χ1) is 8.75. The molecule has 0 unspecified atom stereocenters. The van der Waals surface area contributed by atoms with Gasteiger partial charge in [0.05, 0.1) is 5.69 Å². The molecule has 1 aliphatic heterocycles. The number of aromatic amines is 1. The second-order valence-corrected chi connectivity index (χ2v) is 5.03. The summed E-state index contributed by atoms with van der Waals surface area (Å²) in [5.74, 6) is 0. The third-order valence-electron chi connectivity index (χ3n) is 3.63. The number of fused-ring (bicyclic) bond motifs is 1. The van der Waals surface area contributed by atoms with Gasteiger partial charge in [-0.05, 0) is 31.9 Å². The molecule has 1 aliphatic rings. The Balaban J connectivity index is 1.94. The Hall–Kier alpha value is -1.68. The van der Waals surface area contributed by atoms with E-state index < -0.39 is 0 Å². The molecule has 2 aromatic rings. The lowest BCUT2D eigenvalue weighted by Gasteiger charge is -2.29. The SMILES string of the molecule is CC(C)N1CC=C(c2ncnc3[nH]ccc23)CC1. The van der Waals surface area contributed by atoms with Gasteiger partial charge >= 0.3 is 0 Å². The second kappa shape index (κ2) is 4.53. The maximum absolute atomic E-state index is 4.45. The summed E-state index contributed by atoms with van der Waals surface area (Å²) in [6.45, 7) is 6.62. The van der Waals surface area contributed by atoms with E-state index in [-0.39, 0.29) is 0 Å². The molecule has 0 spiro atoms. The molecule has 3 heterocycles. The Kier molecular flexibility index (Phi) is 2.88. The lowest BCUT2D eigenvalue weighted by Crippen LogP contribution is -2.34. The van der Waals surface area contributed by atoms with Crippen LogP contribution in [0.5, 0.6) is 0 Å². The first kappa shape index (κ1) is 11.4. The van der Waals surface area contributed by atoms with Crippen LogP contribution in [0.15, 0.2) is 24.7 Å². The summed E-state index contributed by atoms with van der Waals surface area (Å²) in [4.78, 5) is 14.3. The number of hydrogen-bond donors (Lipinski definition) is 1. The van der Waals surface area contributed by atoms with E-state index in [9.17, 15) is 0 Å². The Morgan fingerprint density at radius 3 is 2.94 bits per heavy atom. The van der Waals surface area contributed by atoms with Crippen LogP contribution in [0.1, 0.15) is 26.0 Å². The monoisotopic (exact) mass is 242 g/mol. The molecule has 0 saturated heterocycles. The molecule has 0 radical (unpaired) electrons. The van der Waals surface area contributed by atoms with Crippen molar-refractivity contribution in [3.8, 4) is 0 Å². The van der Waals surface area contributed by atoms with Crippen LogP contribution in [0.3, 0.4) is 0 Å². The van der Waals surface area contributed by atoms with E-state index >= 15 is 0 Å². The van der Waals surface area contributed by atoms with E-state index in [1.54, 1.807) is 6.33 Å². The Morgan fingerprint density at radius 2 is 2.22 bits per heavy atom. The van der Waals surface area contributed by atoms with Gasteiger partial charge in [-0.3, -0.25) is 4.90 Å². The molecule has 3 rings (SSSR count). The lowest BCUT2D eigenvalue weighted by molar-refractivity contribution is 0.245. The van der Waals surface area contributed by atoms with Crippen LogP contribution >= 0.6 is 0 Å². The summed E-state index contributed by atoms with van der Waals surface area (Å²) in [6, 6.07) is 2.67. The minimum absolute atomic E-state index is 0.612. The third kappa shape index (κ3) is 1.93. The van der Waals surface area contributed by atoms with Crippen molar-refractivity contribution in [1.29, 1.82) is 0 Å². The molecule has 0 amide bonds. The number of H-pyrrole nitrogens is 1. The molecule has 0 fully saturated rings. The molecular weight excluding hydrogens is 224 g/mol. The molecule has 2 aromatic heterocycles. The molecule has 94 valence electrons. The maximum atomic E-state index is 4.45. The summed E-state index contributed by atoms with van der Waals surface area (Å²) >= 11 is 0. The van der Waals surface area contributed by atoms with Crippen LogP contribution in [-0.4, -0.2) is 39.0 Å². The largest absolute Gasteiger partial charge is 0.346 e. The van der Waals surface area contributed by atoms with Crippen molar-refractivity contribution in [1.82, 2.24) is 19.9 Å². The highest BCUT2D eigenvalue weighted by Gasteiger charge is 2.17. The van der Waals surface area contributed by atoms with Crippen LogP contribution in [-0.2, 0) is 0 Å². The zero-order chi connectivity index (χ0) is 12.5. The smallest absolute Gasteiger partial charge is 0.141 e. The van der Waals surface area contributed by atoms with E-state index in [0.29, 0.717) is 6.04 Å². The van der Waals surface area contributed by atoms with Gasteiger partial charge in [-0.25, -0.2) is 9.97 Å². The van der Waals surface area contributed by atoms with Gasteiger partial charge in [-0.1, -0.05) is 6.08 Å². The van der Waals surface area contributed by atoms with Gasteiger partial charge in [0.1, 0.15) is 12.0 Å². The standard InChI is InChI=1S/C14H18N4/c1-10(2)18-7-4-11(5-8-18)13-12-3-6-15-14(12)17-9-16-13/h3-4,6,9-10H,5,7-8H2,1-2H3,(H,15,16,17). The van der Waals surface area contributed by atoms with E-state index in [2.05, 4.69) is 45.8 Å². The predicted octanol–water partition coefficient (Wildman–Crippen LogP) is 2.46. The van der Waals surface area contributed by atoms with Gasteiger partial charge in [-0.15, -0.1) is 0 Å². The molecule has 18 heavy (non-hydrogen) atoms. The molecule has 1 N–H and O–H groups in total. The number of aromatic nitrogens is 3. The first-order valence-corrected chi connectivity index (χ1v) is 6.47. The molecule has 0 aliphatic carbocycles. The summed E-state index contributed by atoms with van der Waals surface area (Å²) in [7, 11) is 0. The van der Waals surface area contributed by atoms with Crippen molar-refractivity contribution >= 4 is 16.6 Å². The summed E-state index contributed by atoms with van der Waals surface area (Å²) in [5, 5.41) is 1.13. The Labute approximate surface area is 107 Å². The molecule has 4 nitrogen and oxygen atoms in total. The normalized spacial score (nSPS) is 17.4. The fourth-order valence-corrected chi connectivity index (χ4v) is 2.50. The molecule has 0 saturated carbocycles. The highest BCUT2D eigenvalue weighted by atomic mass is 15.1. The van der Waals surface area contributed by atoms with E-state index in [1.807, 2.05) is 6.20 Å². The molecule has 0 atom stereocenters. The summed E-state index contributed by atoms with van der Waals surface area (Å²) in [5.41, 5.74) is 3.36. The summed E-state index contributed by atoms with van der Waals surface area (Å²) in [6.07, 6.45) is 6.93. The van der Waals surface area contributed by atoms with Crippen LogP contribution in [0.25, 0.3) is 16.6 Å². The second-order valence-electron chi connectivity index (χ2n) is 5.03. The minimum atomic E-state index is 0.612. The number of nitrogens with one attached hydrogen (secondary N) is 1. The molecule has 4 heteroatoms. The van der Waals surface area contributed by atoms with Gasteiger partial charge in [0.2, 0.25) is 0 Å². The topological polar surface area (TPSA) is 44.8 Å². The van der Waals surface area contributed by atoms with E-state index in [0.717, 1.165) is 36.2 Å². The average molecular weight is 242 g/mol. The first-order valence-electron chi connectivity index (χ1n) is 6.47.